The molecule has 0 N–H and O–H groups in total. The Bertz CT molecular complexity index is 483. The van der Waals surface area contributed by atoms with Crippen LogP contribution in [0.5, 0.6) is 11.5 Å². The summed E-state index contributed by atoms with van der Waals surface area (Å²) in [6.45, 7) is -0.466. The van der Waals surface area contributed by atoms with Crippen LogP contribution in [-0.4, -0.2) is 37.6 Å². The largest absolute Gasteiger partial charge is 0.497 e. The van der Waals surface area contributed by atoms with E-state index in [1.165, 1.54) is 0 Å². The van der Waals surface area contributed by atoms with Gasteiger partial charge in [-0.05, 0) is 24.3 Å². The molecule has 1 rings (SSSR count). The number of ether oxygens (including phenoxy) is 2. The molecular formula is C13H13N3O3. The summed E-state index contributed by atoms with van der Waals surface area (Å²) in [7, 11) is 1.56. The van der Waals surface area contributed by atoms with E-state index >= 15 is 0 Å². The number of carbonyl (C=O) groups excluding carboxylic acids is 1. The number of rotatable bonds is 6. The first kappa shape index (κ1) is 14.3. The van der Waals surface area contributed by atoms with Crippen molar-refractivity contribution in [3.8, 4) is 23.6 Å². The van der Waals surface area contributed by atoms with Gasteiger partial charge in [-0.3, -0.25) is 4.79 Å². The predicted molar refractivity (Wildman–Crippen MR) is 66.3 cm³/mol. The van der Waals surface area contributed by atoms with Gasteiger partial charge in [0.2, 0.25) is 0 Å². The van der Waals surface area contributed by atoms with Crippen LogP contribution in [0.4, 0.5) is 0 Å². The summed E-state index contributed by atoms with van der Waals surface area (Å²) < 4.78 is 10.3. The molecule has 0 heterocycles. The number of benzene rings is 1. The van der Waals surface area contributed by atoms with Gasteiger partial charge >= 0.3 is 0 Å². The second-order valence-electron chi connectivity index (χ2n) is 3.53. The van der Waals surface area contributed by atoms with E-state index in [1.807, 2.05) is 12.1 Å². The van der Waals surface area contributed by atoms with Gasteiger partial charge in [-0.1, -0.05) is 0 Å². The van der Waals surface area contributed by atoms with E-state index in [0.717, 1.165) is 4.90 Å². The fourth-order valence-electron chi connectivity index (χ4n) is 1.31. The van der Waals surface area contributed by atoms with Crippen LogP contribution >= 0.6 is 0 Å². The fraction of sp³-hybridized carbons (Fsp3) is 0.308. The third-order valence-electron chi connectivity index (χ3n) is 2.30. The zero-order valence-electron chi connectivity index (χ0n) is 10.5. The molecule has 0 saturated heterocycles. The maximum atomic E-state index is 11.7. The molecule has 98 valence electrons. The highest BCUT2D eigenvalue weighted by Crippen LogP contribution is 2.16. The summed E-state index contributed by atoms with van der Waals surface area (Å²) in [5.74, 6) is 0.802. The van der Waals surface area contributed by atoms with Gasteiger partial charge in [0, 0.05) is 0 Å². The lowest BCUT2D eigenvalue weighted by Gasteiger charge is -2.16. The van der Waals surface area contributed by atoms with Crippen LogP contribution in [0, 0.1) is 22.7 Å². The van der Waals surface area contributed by atoms with Crippen LogP contribution in [0.25, 0.3) is 0 Å². The number of nitriles is 2. The molecule has 19 heavy (non-hydrogen) atoms. The van der Waals surface area contributed by atoms with Gasteiger partial charge < -0.3 is 14.4 Å². The first-order valence-corrected chi connectivity index (χ1v) is 5.49. The minimum atomic E-state index is -0.404. The van der Waals surface area contributed by atoms with Gasteiger partial charge in [-0.15, -0.1) is 0 Å². The zero-order valence-corrected chi connectivity index (χ0v) is 10.5. The fourth-order valence-corrected chi connectivity index (χ4v) is 1.31. The Morgan fingerprint density at radius 3 is 2.16 bits per heavy atom. The van der Waals surface area contributed by atoms with Crippen molar-refractivity contribution in [3.63, 3.8) is 0 Å². The highest BCUT2D eigenvalue weighted by molar-refractivity contribution is 5.78. The Kier molecular flexibility index (Phi) is 5.71. The van der Waals surface area contributed by atoms with Crippen LogP contribution in [0.2, 0.25) is 0 Å². The van der Waals surface area contributed by atoms with Crippen molar-refractivity contribution in [2.45, 2.75) is 0 Å². The third-order valence-corrected chi connectivity index (χ3v) is 2.30. The zero-order chi connectivity index (χ0) is 14.1. The van der Waals surface area contributed by atoms with Gasteiger partial charge in [0.05, 0.1) is 19.2 Å². The number of amides is 1. The van der Waals surface area contributed by atoms with Crippen LogP contribution < -0.4 is 9.47 Å². The SMILES string of the molecule is COc1ccc(OCC(=O)N(CC#N)CC#N)cc1. The van der Waals surface area contributed by atoms with Gasteiger partial charge in [0.15, 0.2) is 6.61 Å². The summed E-state index contributed by atoms with van der Waals surface area (Å²) in [5, 5.41) is 17.1. The first-order valence-electron chi connectivity index (χ1n) is 5.49. The van der Waals surface area contributed by atoms with Gasteiger partial charge in [0.1, 0.15) is 24.6 Å². The number of methoxy groups -OCH3 is 1. The van der Waals surface area contributed by atoms with Crippen LogP contribution in [0.3, 0.4) is 0 Å². The Morgan fingerprint density at radius 2 is 1.68 bits per heavy atom. The third kappa shape index (κ3) is 4.57. The van der Waals surface area contributed by atoms with Crippen LogP contribution in [-0.2, 0) is 4.79 Å². The molecule has 0 saturated carbocycles. The van der Waals surface area contributed by atoms with E-state index < -0.39 is 5.91 Å². The van der Waals surface area contributed by atoms with Gasteiger partial charge in [0.25, 0.3) is 5.91 Å². The van der Waals surface area contributed by atoms with E-state index in [-0.39, 0.29) is 19.7 Å². The Hall–Kier alpha value is -2.73. The second kappa shape index (κ2) is 7.57. The second-order valence-corrected chi connectivity index (χ2v) is 3.53. The summed E-state index contributed by atoms with van der Waals surface area (Å²) in [5.41, 5.74) is 0. The molecule has 1 aromatic carbocycles. The van der Waals surface area contributed by atoms with Crippen molar-refractivity contribution >= 4 is 5.91 Å². The van der Waals surface area contributed by atoms with Crippen LogP contribution in [0.15, 0.2) is 24.3 Å². The molecule has 6 heteroatoms. The van der Waals surface area contributed by atoms with Crippen molar-refractivity contribution in [2.24, 2.45) is 0 Å². The van der Waals surface area contributed by atoms with E-state index in [0.29, 0.717) is 11.5 Å². The Balaban J connectivity index is 2.52. The van der Waals surface area contributed by atoms with Crippen molar-refractivity contribution in [3.05, 3.63) is 24.3 Å². The standard InChI is InChI=1S/C13H13N3O3/c1-18-11-2-4-12(5-3-11)19-10-13(17)16(8-6-14)9-7-15/h2-5H,8-10H2,1H3. The summed E-state index contributed by atoms with van der Waals surface area (Å²) in [4.78, 5) is 12.8. The normalized spacial score (nSPS) is 9.00. The molecule has 0 aliphatic rings. The summed E-state index contributed by atoms with van der Waals surface area (Å²) in [6, 6.07) is 10.4. The first-order chi connectivity index (χ1) is 9.21. The smallest absolute Gasteiger partial charge is 0.262 e. The average Bonchev–Trinajstić information content (AvgIpc) is 2.45. The van der Waals surface area contributed by atoms with E-state index in [9.17, 15) is 4.79 Å². The lowest BCUT2D eigenvalue weighted by atomic mass is 10.3. The lowest BCUT2D eigenvalue weighted by molar-refractivity contribution is -0.132. The van der Waals surface area contributed by atoms with Crippen molar-refractivity contribution in [1.29, 1.82) is 10.5 Å². The number of nitrogens with zero attached hydrogens (tertiary/aromatic N) is 3. The van der Waals surface area contributed by atoms with Crippen molar-refractivity contribution in [2.75, 3.05) is 26.8 Å². The Morgan fingerprint density at radius 1 is 1.16 bits per heavy atom. The molecule has 0 spiro atoms. The van der Waals surface area contributed by atoms with E-state index in [1.54, 1.807) is 31.4 Å². The maximum absolute atomic E-state index is 11.7. The molecule has 0 radical (unpaired) electrons. The van der Waals surface area contributed by atoms with Gasteiger partial charge in [-0.2, -0.15) is 10.5 Å². The number of hydrogen-bond donors (Lipinski definition) is 0. The van der Waals surface area contributed by atoms with Crippen molar-refractivity contribution in [1.82, 2.24) is 4.90 Å². The molecule has 1 aromatic rings. The van der Waals surface area contributed by atoms with Gasteiger partial charge in [-0.25, -0.2) is 0 Å². The summed E-state index contributed by atoms with van der Waals surface area (Å²) in [6.07, 6.45) is 0. The highest BCUT2D eigenvalue weighted by atomic mass is 16.5. The predicted octanol–water partition coefficient (Wildman–Crippen LogP) is 0.950. The van der Waals surface area contributed by atoms with Crippen molar-refractivity contribution < 1.29 is 14.3 Å². The molecule has 0 aliphatic heterocycles. The molecule has 1 amide bonds. The maximum Gasteiger partial charge on any atom is 0.262 e. The molecular weight excluding hydrogens is 246 g/mol. The molecule has 0 aliphatic carbocycles. The molecule has 0 unspecified atom stereocenters. The molecule has 0 aromatic heterocycles. The Labute approximate surface area is 111 Å². The van der Waals surface area contributed by atoms with Crippen LogP contribution in [0.1, 0.15) is 0 Å². The molecule has 0 fully saturated rings. The minimum absolute atomic E-state index is 0.127. The molecule has 0 bridgehead atoms. The van der Waals surface area contributed by atoms with E-state index in [2.05, 4.69) is 0 Å². The lowest BCUT2D eigenvalue weighted by Crippen LogP contribution is -2.35. The molecule has 0 atom stereocenters. The number of hydrogen-bond acceptors (Lipinski definition) is 5. The average molecular weight is 259 g/mol. The summed E-state index contributed by atoms with van der Waals surface area (Å²) >= 11 is 0. The monoisotopic (exact) mass is 259 g/mol. The van der Waals surface area contributed by atoms with E-state index in [4.69, 9.17) is 20.0 Å². The highest BCUT2D eigenvalue weighted by Gasteiger charge is 2.13. The minimum Gasteiger partial charge on any atom is -0.497 e. The molecule has 6 nitrogen and oxygen atoms in total. The quantitative estimate of drug-likeness (QED) is 0.710. The number of carbonyl (C=O) groups is 1. The topological polar surface area (TPSA) is 86.3 Å².